The van der Waals surface area contributed by atoms with Crippen molar-refractivity contribution in [3.05, 3.63) is 52.0 Å². The lowest BCUT2D eigenvalue weighted by Crippen LogP contribution is -2.14. The molecule has 0 fully saturated rings. The predicted molar refractivity (Wildman–Crippen MR) is 91.4 cm³/mol. The van der Waals surface area contributed by atoms with E-state index in [1.165, 1.54) is 11.8 Å². The zero-order valence-corrected chi connectivity index (χ0v) is 13.6. The third-order valence-corrected chi connectivity index (χ3v) is 4.59. The lowest BCUT2D eigenvalue weighted by Gasteiger charge is -2.10. The summed E-state index contributed by atoms with van der Waals surface area (Å²) in [4.78, 5) is 13.0. The molecule has 0 spiro atoms. The number of hydrogen-bond donors (Lipinski definition) is 2. The Kier molecular flexibility index (Phi) is 5.39. The van der Waals surface area contributed by atoms with Crippen LogP contribution in [0, 0.1) is 6.92 Å². The highest BCUT2D eigenvalue weighted by atomic mass is 35.5. The highest BCUT2D eigenvalue weighted by Crippen LogP contribution is 2.30. The van der Waals surface area contributed by atoms with E-state index in [2.05, 4.69) is 5.32 Å². The van der Waals surface area contributed by atoms with E-state index in [-0.39, 0.29) is 11.7 Å². The van der Waals surface area contributed by atoms with Gasteiger partial charge < -0.3 is 11.1 Å². The van der Waals surface area contributed by atoms with Gasteiger partial charge in [0.1, 0.15) is 0 Å². The molecule has 0 heterocycles. The summed E-state index contributed by atoms with van der Waals surface area (Å²) in [5.74, 6) is 0.109. The zero-order chi connectivity index (χ0) is 15.4. The monoisotopic (exact) mass is 340 g/mol. The normalized spacial score (nSPS) is 10.4. The molecule has 0 aliphatic heterocycles. The van der Waals surface area contributed by atoms with Crippen molar-refractivity contribution in [1.29, 1.82) is 0 Å². The molecule has 3 N–H and O–H groups in total. The van der Waals surface area contributed by atoms with E-state index in [9.17, 15) is 4.79 Å². The fraction of sp³-hybridized carbons (Fsp3) is 0.133. The number of para-hydroxylation sites is 1. The lowest BCUT2D eigenvalue weighted by molar-refractivity contribution is -0.113. The second-order valence-corrected chi connectivity index (χ2v) is 6.29. The first-order valence-corrected chi connectivity index (χ1v) is 7.94. The first-order chi connectivity index (χ1) is 9.97. The minimum Gasteiger partial charge on any atom is -0.399 e. The number of carbonyl (C=O) groups excluding carboxylic acids is 1. The van der Waals surface area contributed by atoms with Crippen LogP contribution in [0.15, 0.2) is 41.3 Å². The highest BCUT2D eigenvalue weighted by Gasteiger charge is 2.10. The van der Waals surface area contributed by atoms with Gasteiger partial charge >= 0.3 is 0 Å². The van der Waals surface area contributed by atoms with E-state index >= 15 is 0 Å². The first kappa shape index (κ1) is 16.0. The van der Waals surface area contributed by atoms with Crippen LogP contribution in [0.25, 0.3) is 0 Å². The van der Waals surface area contributed by atoms with Crippen molar-refractivity contribution >= 4 is 52.2 Å². The Morgan fingerprint density at radius 1 is 1.24 bits per heavy atom. The Hall–Kier alpha value is -1.36. The topological polar surface area (TPSA) is 55.1 Å². The first-order valence-electron chi connectivity index (χ1n) is 6.20. The molecule has 0 aliphatic carbocycles. The van der Waals surface area contributed by atoms with Crippen LogP contribution in [0.1, 0.15) is 5.56 Å². The number of nitrogens with two attached hydrogens (primary N) is 1. The number of thioether (sulfide) groups is 1. The number of aryl methyl sites for hydroxylation is 1. The molecule has 1 amide bonds. The van der Waals surface area contributed by atoms with E-state index in [1.54, 1.807) is 18.2 Å². The number of rotatable bonds is 4. The second-order valence-electron chi connectivity index (χ2n) is 4.46. The summed E-state index contributed by atoms with van der Waals surface area (Å²) in [7, 11) is 0. The third kappa shape index (κ3) is 4.30. The number of carbonyl (C=O) groups is 1. The molecule has 110 valence electrons. The van der Waals surface area contributed by atoms with Crippen molar-refractivity contribution in [3.8, 4) is 0 Å². The summed E-state index contributed by atoms with van der Waals surface area (Å²) in [6.45, 7) is 1.96. The third-order valence-electron chi connectivity index (χ3n) is 2.78. The zero-order valence-electron chi connectivity index (χ0n) is 11.3. The average molecular weight is 341 g/mol. The maximum atomic E-state index is 12.0. The van der Waals surface area contributed by atoms with Crippen molar-refractivity contribution in [2.24, 2.45) is 0 Å². The Morgan fingerprint density at radius 2 is 1.90 bits per heavy atom. The van der Waals surface area contributed by atoms with E-state index in [1.807, 2.05) is 25.1 Å². The summed E-state index contributed by atoms with van der Waals surface area (Å²) >= 11 is 13.5. The molecule has 6 heteroatoms. The van der Waals surface area contributed by atoms with Crippen LogP contribution >= 0.6 is 35.0 Å². The SMILES string of the molecule is Cc1cc(N)ccc1SCC(=O)Nc1c(Cl)cccc1Cl. The van der Waals surface area contributed by atoms with E-state index in [0.717, 1.165) is 10.5 Å². The van der Waals surface area contributed by atoms with E-state index in [4.69, 9.17) is 28.9 Å². The number of nitrogen functional groups attached to an aromatic ring is 1. The Balaban J connectivity index is 1.99. The van der Waals surface area contributed by atoms with Crippen LogP contribution in [0.4, 0.5) is 11.4 Å². The summed E-state index contributed by atoms with van der Waals surface area (Å²) < 4.78 is 0. The standard InChI is InChI=1S/C15H14Cl2N2OS/c1-9-7-10(18)5-6-13(9)21-8-14(20)19-15-11(16)3-2-4-12(15)17/h2-7H,8,18H2,1H3,(H,19,20). The minimum absolute atomic E-state index is 0.161. The molecule has 0 aromatic heterocycles. The number of halogens is 2. The van der Waals surface area contributed by atoms with Crippen molar-refractivity contribution in [3.63, 3.8) is 0 Å². The van der Waals surface area contributed by atoms with Crippen molar-refractivity contribution in [1.82, 2.24) is 0 Å². The summed E-state index contributed by atoms with van der Waals surface area (Å²) in [5.41, 5.74) is 7.90. The molecule has 0 aliphatic rings. The molecule has 21 heavy (non-hydrogen) atoms. The average Bonchev–Trinajstić information content (AvgIpc) is 2.42. The van der Waals surface area contributed by atoms with E-state index in [0.29, 0.717) is 21.4 Å². The summed E-state index contributed by atoms with van der Waals surface area (Å²) in [5, 5.41) is 3.57. The van der Waals surface area contributed by atoms with Gasteiger partial charge in [-0.15, -0.1) is 11.8 Å². The van der Waals surface area contributed by atoms with Crippen LogP contribution in [-0.2, 0) is 4.79 Å². The van der Waals surface area contributed by atoms with Crippen LogP contribution in [0.2, 0.25) is 10.0 Å². The van der Waals surface area contributed by atoms with Gasteiger partial charge in [-0.25, -0.2) is 0 Å². The molecular formula is C15H14Cl2N2OS. The molecule has 0 bridgehead atoms. The van der Waals surface area contributed by atoms with Crippen LogP contribution in [-0.4, -0.2) is 11.7 Å². The maximum Gasteiger partial charge on any atom is 0.234 e. The second kappa shape index (κ2) is 7.07. The van der Waals surface area contributed by atoms with Gasteiger partial charge in [-0.05, 0) is 42.8 Å². The van der Waals surface area contributed by atoms with Gasteiger partial charge in [0, 0.05) is 10.6 Å². The van der Waals surface area contributed by atoms with Crippen LogP contribution in [0.3, 0.4) is 0 Å². The molecule has 2 aromatic rings. The smallest absolute Gasteiger partial charge is 0.234 e. The van der Waals surface area contributed by atoms with Crippen molar-refractivity contribution in [2.75, 3.05) is 16.8 Å². The van der Waals surface area contributed by atoms with Gasteiger partial charge in [0.25, 0.3) is 0 Å². The lowest BCUT2D eigenvalue weighted by atomic mass is 10.2. The fourth-order valence-corrected chi connectivity index (χ4v) is 3.07. The van der Waals surface area contributed by atoms with Crippen LogP contribution in [0.5, 0.6) is 0 Å². The molecule has 0 radical (unpaired) electrons. The van der Waals surface area contributed by atoms with Crippen molar-refractivity contribution < 1.29 is 4.79 Å². The molecule has 0 saturated heterocycles. The highest BCUT2D eigenvalue weighted by molar-refractivity contribution is 8.00. The number of nitrogens with one attached hydrogen (secondary N) is 1. The van der Waals surface area contributed by atoms with Gasteiger partial charge in [0.15, 0.2) is 0 Å². The number of benzene rings is 2. The number of amides is 1. The molecule has 2 aromatic carbocycles. The van der Waals surface area contributed by atoms with Gasteiger partial charge in [-0.1, -0.05) is 29.3 Å². The van der Waals surface area contributed by atoms with Gasteiger partial charge in [-0.2, -0.15) is 0 Å². The van der Waals surface area contributed by atoms with Gasteiger partial charge in [-0.3, -0.25) is 4.79 Å². The molecule has 0 saturated carbocycles. The summed E-state index contributed by atoms with van der Waals surface area (Å²) in [6, 6.07) is 10.7. The molecule has 0 atom stereocenters. The van der Waals surface area contributed by atoms with Crippen molar-refractivity contribution in [2.45, 2.75) is 11.8 Å². The number of hydrogen-bond acceptors (Lipinski definition) is 3. The van der Waals surface area contributed by atoms with Crippen LogP contribution < -0.4 is 11.1 Å². The Bertz CT molecular complexity index is 656. The Labute approximate surface area is 137 Å². The maximum absolute atomic E-state index is 12.0. The quantitative estimate of drug-likeness (QED) is 0.630. The molecular weight excluding hydrogens is 327 g/mol. The summed E-state index contributed by atoms with van der Waals surface area (Å²) in [6.07, 6.45) is 0. The van der Waals surface area contributed by atoms with Gasteiger partial charge in [0.2, 0.25) is 5.91 Å². The molecule has 0 unspecified atom stereocenters. The molecule has 2 rings (SSSR count). The Morgan fingerprint density at radius 3 is 2.52 bits per heavy atom. The van der Waals surface area contributed by atoms with E-state index < -0.39 is 0 Å². The minimum atomic E-state index is -0.161. The predicted octanol–water partition coefficient (Wildman–Crippen LogP) is 4.61. The largest absolute Gasteiger partial charge is 0.399 e. The van der Waals surface area contributed by atoms with Gasteiger partial charge in [0.05, 0.1) is 21.5 Å². The fourth-order valence-electron chi connectivity index (χ4n) is 1.77. The molecule has 3 nitrogen and oxygen atoms in total. The number of anilines is 2.